The van der Waals surface area contributed by atoms with Gasteiger partial charge in [0.05, 0.1) is 24.7 Å². The van der Waals surface area contributed by atoms with Crippen molar-refractivity contribution in [3.05, 3.63) is 23.8 Å². The van der Waals surface area contributed by atoms with E-state index >= 15 is 0 Å². The number of hydrogen-bond acceptors (Lipinski definition) is 6. The minimum Gasteiger partial charge on any atom is -0.496 e. The van der Waals surface area contributed by atoms with Crippen LogP contribution in [0.4, 0.5) is 4.79 Å². The van der Waals surface area contributed by atoms with Gasteiger partial charge in [-0.25, -0.2) is 4.79 Å². The number of likely N-dealkylation sites (tertiary alicyclic amines) is 1. The van der Waals surface area contributed by atoms with Gasteiger partial charge in [0.2, 0.25) is 5.91 Å². The van der Waals surface area contributed by atoms with Crippen LogP contribution >= 0.6 is 0 Å². The van der Waals surface area contributed by atoms with Crippen molar-refractivity contribution in [3.8, 4) is 5.75 Å². The minimum atomic E-state index is -0.515. The lowest BCUT2D eigenvalue weighted by Crippen LogP contribution is -2.48. The van der Waals surface area contributed by atoms with Gasteiger partial charge in [0.1, 0.15) is 11.4 Å². The normalized spacial score (nSPS) is 20.2. The van der Waals surface area contributed by atoms with E-state index in [2.05, 4.69) is 5.32 Å². The molecule has 0 unspecified atom stereocenters. The number of rotatable bonds is 5. The van der Waals surface area contributed by atoms with Crippen LogP contribution in [0.25, 0.3) is 0 Å². The Kier molecular flexibility index (Phi) is 7.58. The summed E-state index contributed by atoms with van der Waals surface area (Å²) in [6.07, 6.45) is 1.30. The molecule has 188 valence electrons. The summed E-state index contributed by atoms with van der Waals surface area (Å²) < 4.78 is 23.3. The molecule has 0 aromatic heterocycles. The Morgan fingerprint density at radius 3 is 2.24 bits per heavy atom. The van der Waals surface area contributed by atoms with Gasteiger partial charge >= 0.3 is 13.2 Å². The van der Waals surface area contributed by atoms with Crippen molar-refractivity contribution in [1.29, 1.82) is 0 Å². The monoisotopic (exact) mass is 474 g/mol. The van der Waals surface area contributed by atoms with E-state index in [1.807, 2.05) is 66.7 Å². The van der Waals surface area contributed by atoms with E-state index in [1.165, 1.54) is 0 Å². The van der Waals surface area contributed by atoms with Crippen LogP contribution in [-0.4, -0.2) is 67.1 Å². The van der Waals surface area contributed by atoms with Crippen molar-refractivity contribution in [2.45, 2.75) is 90.6 Å². The predicted molar refractivity (Wildman–Crippen MR) is 131 cm³/mol. The molecule has 0 bridgehead atoms. The molecule has 0 aliphatic carbocycles. The Morgan fingerprint density at radius 2 is 1.71 bits per heavy atom. The molecule has 0 spiro atoms. The van der Waals surface area contributed by atoms with Gasteiger partial charge in [-0.3, -0.25) is 4.79 Å². The third-order valence-electron chi connectivity index (χ3n) is 6.70. The predicted octanol–water partition coefficient (Wildman–Crippen LogP) is 3.05. The number of ether oxygens (including phenoxy) is 2. The summed E-state index contributed by atoms with van der Waals surface area (Å²) in [5.74, 6) is 0.555. The summed E-state index contributed by atoms with van der Waals surface area (Å²) in [4.78, 5) is 26.7. The van der Waals surface area contributed by atoms with Gasteiger partial charge in [0, 0.05) is 24.7 Å². The third kappa shape index (κ3) is 6.24. The quantitative estimate of drug-likeness (QED) is 0.661. The first-order valence-corrected chi connectivity index (χ1v) is 12.0. The second-order valence-corrected chi connectivity index (χ2v) is 11.1. The number of nitrogens with one attached hydrogen (secondary N) is 1. The van der Waals surface area contributed by atoms with Gasteiger partial charge in [0.15, 0.2) is 0 Å². The zero-order chi connectivity index (χ0) is 25.3. The largest absolute Gasteiger partial charge is 0.496 e. The zero-order valence-corrected chi connectivity index (χ0v) is 21.8. The lowest BCUT2D eigenvalue weighted by molar-refractivity contribution is -0.121. The number of carbonyl (C=O) groups is 2. The highest BCUT2D eigenvalue weighted by atomic mass is 16.7. The first kappa shape index (κ1) is 26.4. The van der Waals surface area contributed by atoms with E-state index in [0.29, 0.717) is 31.7 Å². The Balaban J connectivity index is 1.55. The highest BCUT2D eigenvalue weighted by molar-refractivity contribution is 6.62. The van der Waals surface area contributed by atoms with Crippen LogP contribution in [-0.2, 0) is 25.3 Å². The third-order valence-corrected chi connectivity index (χ3v) is 6.70. The average Bonchev–Trinajstić information content (AvgIpc) is 2.94. The van der Waals surface area contributed by atoms with E-state index in [1.54, 1.807) is 12.0 Å². The van der Waals surface area contributed by atoms with Crippen molar-refractivity contribution in [2.24, 2.45) is 0 Å². The number of amides is 2. The first-order chi connectivity index (χ1) is 15.7. The van der Waals surface area contributed by atoms with Crippen LogP contribution in [0.2, 0.25) is 0 Å². The molecule has 2 amide bonds. The minimum absolute atomic E-state index is 0.0289. The van der Waals surface area contributed by atoms with Crippen LogP contribution in [0.5, 0.6) is 5.75 Å². The van der Waals surface area contributed by atoms with E-state index in [0.717, 1.165) is 11.0 Å². The first-order valence-electron chi connectivity index (χ1n) is 12.0. The van der Waals surface area contributed by atoms with Gasteiger partial charge < -0.3 is 29.0 Å². The molecule has 1 aromatic rings. The molecule has 2 heterocycles. The number of methoxy groups -OCH3 is 1. The number of benzene rings is 1. The smallest absolute Gasteiger partial charge is 0.494 e. The molecule has 8 nitrogen and oxygen atoms in total. The molecule has 2 saturated heterocycles. The van der Waals surface area contributed by atoms with Crippen LogP contribution in [0.1, 0.15) is 66.9 Å². The van der Waals surface area contributed by atoms with Crippen LogP contribution < -0.4 is 15.5 Å². The summed E-state index contributed by atoms with van der Waals surface area (Å²) in [6.45, 7) is 14.7. The molecule has 9 heteroatoms. The molecule has 0 atom stereocenters. The fraction of sp³-hybridized carbons (Fsp3) is 0.680. The topological polar surface area (TPSA) is 86.3 Å². The summed E-state index contributed by atoms with van der Waals surface area (Å²) in [5.41, 5.74) is 0.283. The maximum Gasteiger partial charge on any atom is 0.494 e. The molecule has 0 saturated carbocycles. The standard InChI is InChI=1S/C25H39BN2O6/c1-23(2,3)32-22(30)28-13-11-19(12-14-28)27-21(29)15-17-9-10-18(16-20(17)31-8)26-33-24(4,5)25(6,7)34-26/h9-10,16,19H,11-15H2,1-8H3,(H,27,29). The fourth-order valence-electron chi connectivity index (χ4n) is 4.02. The molecule has 0 radical (unpaired) electrons. The van der Waals surface area contributed by atoms with E-state index in [-0.39, 0.29) is 24.5 Å². The summed E-state index contributed by atoms with van der Waals surface area (Å²) in [7, 11) is 1.11. The molecular weight excluding hydrogens is 435 g/mol. The van der Waals surface area contributed by atoms with Gasteiger partial charge in [0.25, 0.3) is 0 Å². The van der Waals surface area contributed by atoms with Gasteiger partial charge in [-0.15, -0.1) is 0 Å². The zero-order valence-electron chi connectivity index (χ0n) is 21.8. The van der Waals surface area contributed by atoms with Crippen LogP contribution in [0, 0.1) is 0 Å². The Bertz CT molecular complexity index is 887. The average molecular weight is 474 g/mol. The Labute approximate surface area is 203 Å². The Hall–Kier alpha value is -2.26. The maximum atomic E-state index is 12.7. The number of carbonyl (C=O) groups excluding carboxylic acids is 2. The summed E-state index contributed by atoms with van der Waals surface area (Å²) >= 11 is 0. The van der Waals surface area contributed by atoms with Crippen LogP contribution in [0.15, 0.2) is 18.2 Å². The van der Waals surface area contributed by atoms with E-state index in [4.69, 9.17) is 18.8 Å². The van der Waals surface area contributed by atoms with Crippen molar-refractivity contribution in [3.63, 3.8) is 0 Å². The number of piperidine rings is 1. The van der Waals surface area contributed by atoms with Crippen molar-refractivity contribution < 1.29 is 28.4 Å². The lowest BCUT2D eigenvalue weighted by Gasteiger charge is -2.33. The Morgan fingerprint density at radius 1 is 1.12 bits per heavy atom. The molecular formula is C25H39BN2O6. The SMILES string of the molecule is COc1cc(B2OC(C)(C)C(C)(C)O2)ccc1CC(=O)NC1CCN(C(=O)OC(C)(C)C)CC1. The number of hydrogen-bond donors (Lipinski definition) is 1. The molecule has 2 aliphatic rings. The van der Waals surface area contributed by atoms with Crippen molar-refractivity contribution in [1.82, 2.24) is 10.2 Å². The second kappa shape index (κ2) is 9.78. The molecule has 1 N–H and O–H groups in total. The highest BCUT2D eigenvalue weighted by Gasteiger charge is 2.51. The maximum absolute atomic E-state index is 12.7. The molecule has 3 rings (SSSR count). The summed E-state index contributed by atoms with van der Waals surface area (Å²) in [5, 5.41) is 3.09. The van der Waals surface area contributed by atoms with Crippen molar-refractivity contribution >= 4 is 24.6 Å². The molecule has 34 heavy (non-hydrogen) atoms. The van der Waals surface area contributed by atoms with Gasteiger partial charge in [-0.1, -0.05) is 12.1 Å². The van der Waals surface area contributed by atoms with Crippen LogP contribution in [0.3, 0.4) is 0 Å². The molecule has 1 aromatic carbocycles. The van der Waals surface area contributed by atoms with Crippen molar-refractivity contribution in [2.75, 3.05) is 20.2 Å². The number of nitrogens with zero attached hydrogens (tertiary/aromatic N) is 1. The van der Waals surface area contributed by atoms with E-state index < -0.39 is 23.9 Å². The summed E-state index contributed by atoms with van der Waals surface area (Å²) in [6, 6.07) is 5.72. The highest BCUT2D eigenvalue weighted by Crippen LogP contribution is 2.36. The van der Waals surface area contributed by atoms with Gasteiger partial charge in [-0.2, -0.15) is 0 Å². The fourth-order valence-corrected chi connectivity index (χ4v) is 4.02. The lowest BCUT2D eigenvalue weighted by atomic mass is 9.78. The molecule has 2 fully saturated rings. The molecule has 2 aliphatic heterocycles. The second-order valence-electron chi connectivity index (χ2n) is 11.1. The van der Waals surface area contributed by atoms with Gasteiger partial charge in [-0.05, 0) is 72.8 Å². The van der Waals surface area contributed by atoms with E-state index in [9.17, 15) is 9.59 Å².